The lowest BCUT2D eigenvalue weighted by Gasteiger charge is -2.14. The molecule has 3 aromatic carbocycles. The van der Waals surface area contributed by atoms with Crippen LogP contribution >= 0.6 is 23.2 Å². The van der Waals surface area contributed by atoms with E-state index in [-0.39, 0.29) is 38.2 Å². The largest absolute Gasteiger partial charge is 0.493 e. The first-order valence-corrected chi connectivity index (χ1v) is 12.4. The van der Waals surface area contributed by atoms with Crippen molar-refractivity contribution in [1.29, 1.82) is 0 Å². The number of carbonyl (C=O) groups excluding carboxylic acids is 2. The Balaban J connectivity index is 1.77. The topological polar surface area (TPSA) is 117 Å². The van der Waals surface area contributed by atoms with E-state index in [0.29, 0.717) is 10.8 Å². The number of anilines is 1. The van der Waals surface area contributed by atoms with Crippen LogP contribution in [0.1, 0.15) is 20.7 Å². The molecule has 0 spiro atoms. The van der Waals surface area contributed by atoms with Crippen molar-refractivity contribution in [3.8, 4) is 17.2 Å². The van der Waals surface area contributed by atoms with Gasteiger partial charge in [0.15, 0.2) is 18.1 Å². The van der Waals surface area contributed by atoms with E-state index in [9.17, 15) is 18.0 Å². The molecular formula is C24H21Cl2NO8S. The van der Waals surface area contributed by atoms with Gasteiger partial charge in [-0.25, -0.2) is 13.2 Å². The third-order valence-electron chi connectivity index (χ3n) is 4.87. The molecule has 12 heteroatoms. The fourth-order valence-electron chi connectivity index (χ4n) is 3.10. The molecule has 9 nitrogen and oxygen atoms in total. The van der Waals surface area contributed by atoms with Crippen molar-refractivity contribution in [2.45, 2.75) is 4.90 Å². The minimum Gasteiger partial charge on any atom is -0.493 e. The molecule has 0 aromatic heterocycles. The van der Waals surface area contributed by atoms with Gasteiger partial charge in [0.05, 0.1) is 31.9 Å². The smallest absolute Gasteiger partial charge is 0.338 e. The second-order valence-electron chi connectivity index (χ2n) is 7.17. The Kier molecular flexibility index (Phi) is 8.67. The second kappa shape index (κ2) is 11.5. The van der Waals surface area contributed by atoms with E-state index in [1.54, 1.807) is 0 Å². The van der Waals surface area contributed by atoms with Crippen molar-refractivity contribution in [2.75, 3.05) is 32.7 Å². The molecule has 0 unspecified atom stereocenters. The number of hydrogen-bond donors (Lipinski definition) is 1. The number of rotatable bonds is 10. The summed E-state index contributed by atoms with van der Waals surface area (Å²) in [6.07, 6.45) is 0. The van der Waals surface area contributed by atoms with Crippen molar-refractivity contribution < 1.29 is 37.0 Å². The second-order valence-corrected chi connectivity index (χ2v) is 9.67. The Bertz CT molecular complexity index is 1370. The molecule has 36 heavy (non-hydrogen) atoms. The first-order valence-electron chi connectivity index (χ1n) is 10.2. The van der Waals surface area contributed by atoms with Crippen molar-refractivity contribution >= 4 is 50.7 Å². The summed E-state index contributed by atoms with van der Waals surface area (Å²) in [4.78, 5) is 24.9. The molecule has 0 saturated carbocycles. The molecule has 1 N–H and O–H groups in total. The molecule has 0 fully saturated rings. The highest BCUT2D eigenvalue weighted by Gasteiger charge is 2.22. The molecule has 0 amide bonds. The van der Waals surface area contributed by atoms with Crippen LogP contribution < -0.4 is 18.9 Å². The number of benzene rings is 3. The standard InChI is InChI=1S/C24H21Cl2NO8S/c1-32-20-10-15(11-21(33-2)23(20)34-3)19(28)13-35-24(29)14-4-9-18(26)22(12-14)36(30,31)27-17-7-5-16(25)6-8-17/h4-12,27H,13H2,1-3H3. The molecule has 0 saturated heterocycles. The van der Waals surface area contributed by atoms with Gasteiger partial charge in [-0.2, -0.15) is 0 Å². The van der Waals surface area contributed by atoms with Crippen LogP contribution in [-0.4, -0.2) is 48.1 Å². The zero-order chi connectivity index (χ0) is 26.5. The molecule has 0 heterocycles. The molecule has 0 radical (unpaired) electrons. The molecule has 3 aromatic rings. The highest BCUT2D eigenvalue weighted by molar-refractivity contribution is 7.92. The van der Waals surface area contributed by atoms with E-state index in [2.05, 4.69) is 4.72 Å². The van der Waals surface area contributed by atoms with E-state index < -0.39 is 28.4 Å². The first-order chi connectivity index (χ1) is 17.1. The Morgan fingerprint density at radius 2 is 1.44 bits per heavy atom. The maximum atomic E-state index is 12.8. The highest BCUT2D eigenvalue weighted by atomic mass is 35.5. The van der Waals surface area contributed by atoms with E-state index in [1.165, 1.54) is 69.9 Å². The number of sulfonamides is 1. The van der Waals surface area contributed by atoms with Gasteiger partial charge in [0, 0.05) is 16.3 Å². The third-order valence-corrected chi connectivity index (χ3v) is 6.99. The number of nitrogens with one attached hydrogen (secondary N) is 1. The van der Waals surface area contributed by atoms with Gasteiger partial charge in [-0.15, -0.1) is 0 Å². The van der Waals surface area contributed by atoms with Crippen LogP contribution in [0.5, 0.6) is 17.2 Å². The Labute approximate surface area is 217 Å². The van der Waals surface area contributed by atoms with E-state index in [0.717, 1.165) is 6.07 Å². The van der Waals surface area contributed by atoms with E-state index >= 15 is 0 Å². The number of esters is 1. The monoisotopic (exact) mass is 553 g/mol. The summed E-state index contributed by atoms with van der Waals surface area (Å²) in [7, 11) is 0.0819. The fraction of sp³-hybridized carbons (Fsp3) is 0.167. The van der Waals surface area contributed by atoms with Gasteiger partial charge in [0.25, 0.3) is 10.0 Å². The molecule has 190 valence electrons. The van der Waals surface area contributed by atoms with Crippen LogP contribution in [0.15, 0.2) is 59.5 Å². The summed E-state index contributed by atoms with van der Waals surface area (Å²) in [5.41, 5.74) is 0.289. The van der Waals surface area contributed by atoms with Gasteiger partial charge in [-0.1, -0.05) is 23.2 Å². The summed E-state index contributed by atoms with van der Waals surface area (Å²) in [6.45, 7) is -0.620. The van der Waals surface area contributed by atoms with Gasteiger partial charge >= 0.3 is 5.97 Å². The average molecular weight is 554 g/mol. The Morgan fingerprint density at radius 1 is 0.833 bits per heavy atom. The third kappa shape index (κ3) is 6.20. The first kappa shape index (κ1) is 27.1. The van der Waals surface area contributed by atoms with Gasteiger partial charge in [0.1, 0.15) is 4.90 Å². The quantitative estimate of drug-likeness (QED) is 0.279. The van der Waals surface area contributed by atoms with Gasteiger partial charge < -0.3 is 18.9 Å². The number of ether oxygens (including phenoxy) is 4. The predicted octanol–water partition coefficient (Wildman–Crippen LogP) is 4.86. The van der Waals surface area contributed by atoms with Crippen molar-refractivity contribution in [2.24, 2.45) is 0 Å². The molecular weight excluding hydrogens is 533 g/mol. The Morgan fingerprint density at radius 3 is 2.00 bits per heavy atom. The highest BCUT2D eigenvalue weighted by Crippen LogP contribution is 2.38. The molecule has 0 aliphatic carbocycles. The SMILES string of the molecule is COc1cc(C(=O)COC(=O)c2ccc(Cl)c(S(=O)(=O)Nc3ccc(Cl)cc3)c2)cc(OC)c1OC. The minimum absolute atomic E-state index is 0.110. The minimum atomic E-state index is -4.15. The predicted molar refractivity (Wildman–Crippen MR) is 134 cm³/mol. The lowest BCUT2D eigenvalue weighted by molar-refractivity contribution is 0.0474. The maximum absolute atomic E-state index is 12.8. The van der Waals surface area contributed by atoms with Crippen LogP contribution in [0.2, 0.25) is 10.0 Å². The Hall–Kier alpha value is -3.47. The molecule has 0 aliphatic heterocycles. The summed E-state index contributed by atoms with van der Waals surface area (Å²) < 4.78 is 48.8. The number of halogens is 2. The number of methoxy groups -OCH3 is 3. The van der Waals surface area contributed by atoms with Gasteiger partial charge in [-0.05, 0) is 54.6 Å². The molecule has 0 atom stereocenters. The summed E-state index contributed by atoms with van der Waals surface area (Å²) >= 11 is 11.9. The van der Waals surface area contributed by atoms with Crippen LogP contribution in [-0.2, 0) is 14.8 Å². The number of Topliss-reactive ketones (excluding diaryl/α,β-unsaturated/α-hetero) is 1. The van der Waals surface area contributed by atoms with Crippen LogP contribution in [0.25, 0.3) is 0 Å². The van der Waals surface area contributed by atoms with Crippen molar-refractivity contribution in [1.82, 2.24) is 0 Å². The molecule has 3 rings (SSSR count). The average Bonchev–Trinajstić information content (AvgIpc) is 2.87. The van der Waals surface area contributed by atoms with Crippen molar-refractivity contribution in [3.63, 3.8) is 0 Å². The fourth-order valence-corrected chi connectivity index (χ4v) is 4.82. The van der Waals surface area contributed by atoms with Crippen LogP contribution in [0.4, 0.5) is 5.69 Å². The van der Waals surface area contributed by atoms with Gasteiger partial charge in [0.2, 0.25) is 11.5 Å². The number of carbonyl (C=O) groups is 2. The van der Waals surface area contributed by atoms with Crippen LogP contribution in [0.3, 0.4) is 0 Å². The van der Waals surface area contributed by atoms with Crippen molar-refractivity contribution in [3.05, 3.63) is 75.8 Å². The van der Waals surface area contributed by atoms with Gasteiger partial charge in [-0.3, -0.25) is 9.52 Å². The molecule has 0 aliphatic rings. The maximum Gasteiger partial charge on any atom is 0.338 e. The molecule has 0 bridgehead atoms. The van der Waals surface area contributed by atoms with E-state index in [4.69, 9.17) is 42.1 Å². The summed E-state index contributed by atoms with van der Waals surface area (Å²) in [6, 6.07) is 12.4. The number of hydrogen-bond acceptors (Lipinski definition) is 8. The zero-order valence-electron chi connectivity index (χ0n) is 19.3. The zero-order valence-corrected chi connectivity index (χ0v) is 21.7. The lowest BCUT2D eigenvalue weighted by Crippen LogP contribution is -2.17. The summed E-state index contributed by atoms with van der Waals surface area (Å²) in [5.74, 6) is -0.653. The lowest BCUT2D eigenvalue weighted by atomic mass is 10.1. The summed E-state index contributed by atoms with van der Waals surface area (Å²) in [5, 5.41) is 0.323. The van der Waals surface area contributed by atoms with E-state index in [1.807, 2.05) is 0 Å². The number of ketones is 1. The van der Waals surface area contributed by atoms with Crippen LogP contribution in [0, 0.1) is 0 Å². The normalized spacial score (nSPS) is 10.9.